The number of carbonyl (C=O) groups excluding carboxylic acids is 1. The summed E-state index contributed by atoms with van der Waals surface area (Å²) < 4.78 is 10.8. The first-order valence-electron chi connectivity index (χ1n) is 8.36. The normalized spacial score (nSPS) is 10.9. The van der Waals surface area contributed by atoms with Gasteiger partial charge in [0.05, 0.1) is 17.8 Å². The summed E-state index contributed by atoms with van der Waals surface area (Å²) in [6, 6.07) is 15.5. The molecule has 0 fully saturated rings. The number of nitrogens with zero attached hydrogens (tertiary/aromatic N) is 1. The van der Waals surface area contributed by atoms with Crippen molar-refractivity contribution in [3.8, 4) is 11.1 Å². The van der Waals surface area contributed by atoms with Gasteiger partial charge in [0.1, 0.15) is 11.3 Å². The Morgan fingerprint density at radius 1 is 1.11 bits per heavy atom. The molecule has 27 heavy (non-hydrogen) atoms. The van der Waals surface area contributed by atoms with Crippen LogP contribution in [0.1, 0.15) is 28.6 Å². The van der Waals surface area contributed by atoms with Crippen LogP contribution in [-0.2, 0) is 4.74 Å². The Morgan fingerprint density at radius 3 is 2.44 bits per heavy atom. The summed E-state index contributed by atoms with van der Waals surface area (Å²) in [6.07, 6.45) is 5.00. The van der Waals surface area contributed by atoms with Crippen molar-refractivity contribution in [2.24, 2.45) is 0 Å². The lowest BCUT2D eigenvalue weighted by atomic mass is 10.0. The minimum absolute atomic E-state index is 0.0240. The number of ether oxygens (including phenoxy) is 1. The standard InChI is InChI=1S/C21H17NO5/c1-2-26-21(23)20-18(16-9-11-17(12-10-16)22(24)25)14-27-19(20)13-8-15-6-4-3-5-7-15/h3-14H,2H2,1H3/b13-8+. The second-order valence-electron chi connectivity index (χ2n) is 5.66. The number of nitro benzene ring substituents is 1. The fraction of sp³-hybridized carbons (Fsp3) is 0.0952. The summed E-state index contributed by atoms with van der Waals surface area (Å²) in [6.45, 7) is 1.95. The maximum atomic E-state index is 12.5. The van der Waals surface area contributed by atoms with E-state index in [0.717, 1.165) is 5.56 Å². The summed E-state index contributed by atoms with van der Waals surface area (Å²) in [4.78, 5) is 22.8. The van der Waals surface area contributed by atoms with E-state index >= 15 is 0 Å². The molecule has 0 radical (unpaired) electrons. The molecule has 6 heteroatoms. The molecule has 3 aromatic rings. The van der Waals surface area contributed by atoms with E-state index in [9.17, 15) is 14.9 Å². The van der Waals surface area contributed by atoms with Gasteiger partial charge in [-0.15, -0.1) is 0 Å². The van der Waals surface area contributed by atoms with Crippen molar-refractivity contribution >= 4 is 23.8 Å². The van der Waals surface area contributed by atoms with Crippen LogP contribution in [0.2, 0.25) is 0 Å². The monoisotopic (exact) mass is 363 g/mol. The molecule has 1 heterocycles. The fourth-order valence-electron chi connectivity index (χ4n) is 2.62. The minimum atomic E-state index is -0.507. The number of benzene rings is 2. The number of furan rings is 1. The molecule has 3 rings (SSSR count). The zero-order valence-electron chi connectivity index (χ0n) is 14.6. The van der Waals surface area contributed by atoms with E-state index in [0.29, 0.717) is 16.9 Å². The predicted molar refractivity (Wildman–Crippen MR) is 102 cm³/mol. The van der Waals surface area contributed by atoms with Gasteiger partial charge in [-0.05, 0) is 36.3 Å². The quantitative estimate of drug-likeness (QED) is 0.341. The van der Waals surface area contributed by atoms with Crippen LogP contribution in [0.4, 0.5) is 5.69 Å². The predicted octanol–water partition coefficient (Wildman–Crippen LogP) is 5.20. The topological polar surface area (TPSA) is 82.6 Å². The molecule has 1 aromatic heterocycles. The van der Waals surface area contributed by atoms with Crippen molar-refractivity contribution in [3.63, 3.8) is 0 Å². The molecule has 0 spiro atoms. The van der Waals surface area contributed by atoms with Crippen LogP contribution < -0.4 is 0 Å². The van der Waals surface area contributed by atoms with Gasteiger partial charge >= 0.3 is 5.97 Å². The average molecular weight is 363 g/mol. The molecule has 0 unspecified atom stereocenters. The van der Waals surface area contributed by atoms with Gasteiger partial charge in [-0.2, -0.15) is 0 Å². The Bertz CT molecular complexity index is 972. The molecule has 0 aliphatic rings. The van der Waals surface area contributed by atoms with Crippen molar-refractivity contribution in [2.75, 3.05) is 6.61 Å². The van der Waals surface area contributed by atoms with Crippen LogP contribution in [0.3, 0.4) is 0 Å². The maximum Gasteiger partial charge on any atom is 0.342 e. The molecular formula is C21H17NO5. The summed E-state index contributed by atoms with van der Waals surface area (Å²) >= 11 is 0. The van der Waals surface area contributed by atoms with E-state index in [-0.39, 0.29) is 17.9 Å². The molecule has 0 aliphatic heterocycles. The maximum absolute atomic E-state index is 12.5. The van der Waals surface area contributed by atoms with Gasteiger partial charge in [0.2, 0.25) is 0 Å². The van der Waals surface area contributed by atoms with E-state index in [1.807, 2.05) is 36.4 Å². The lowest BCUT2D eigenvalue weighted by molar-refractivity contribution is -0.384. The number of non-ortho nitro benzene ring substituents is 1. The van der Waals surface area contributed by atoms with Gasteiger partial charge in [0.25, 0.3) is 5.69 Å². The second-order valence-corrected chi connectivity index (χ2v) is 5.66. The highest BCUT2D eigenvalue weighted by Crippen LogP contribution is 2.31. The number of esters is 1. The van der Waals surface area contributed by atoms with E-state index in [1.54, 1.807) is 25.1 Å². The first-order chi connectivity index (χ1) is 13.1. The molecule has 0 saturated carbocycles. The van der Waals surface area contributed by atoms with E-state index in [2.05, 4.69) is 0 Å². The van der Waals surface area contributed by atoms with Crippen LogP contribution in [0.25, 0.3) is 23.3 Å². The largest absolute Gasteiger partial charge is 0.463 e. The molecule has 6 nitrogen and oxygen atoms in total. The number of rotatable bonds is 6. The van der Waals surface area contributed by atoms with Gasteiger partial charge in [0.15, 0.2) is 0 Å². The zero-order valence-corrected chi connectivity index (χ0v) is 14.6. The molecule has 0 N–H and O–H groups in total. The van der Waals surface area contributed by atoms with Crippen LogP contribution in [-0.4, -0.2) is 17.5 Å². The van der Waals surface area contributed by atoms with Gasteiger partial charge in [-0.3, -0.25) is 10.1 Å². The van der Waals surface area contributed by atoms with Crippen LogP contribution in [0.15, 0.2) is 65.3 Å². The number of hydrogen-bond donors (Lipinski definition) is 0. The van der Waals surface area contributed by atoms with Crippen LogP contribution in [0, 0.1) is 10.1 Å². The number of nitro groups is 1. The average Bonchev–Trinajstić information content (AvgIpc) is 3.11. The number of hydrogen-bond acceptors (Lipinski definition) is 5. The molecule has 0 amide bonds. The summed E-state index contributed by atoms with van der Waals surface area (Å²) in [7, 11) is 0. The van der Waals surface area contributed by atoms with Crippen molar-refractivity contribution in [1.82, 2.24) is 0 Å². The van der Waals surface area contributed by atoms with Crippen molar-refractivity contribution in [3.05, 3.63) is 87.9 Å². The van der Waals surface area contributed by atoms with Gasteiger partial charge < -0.3 is 9.15 Å². The third kappa shape index (κ3) is 4.12. The summed E-state index contributed by atoms with van der Waals surface area (Å²) in [5.41, 5.74) is 2.38. The second kappa shape index (κ2) is 8.14. The van der Waals surface area contributed by atoms with E-state index < -0.39 is 10.9 Å². The Labute approximate surface area is 155 Å². The van der Waals surface area contributed by atoms with E-state index in [4.69, 9.17) is 9.15 Å². The highest BCUT2D eigenvalue weighted by atomic mass is 16.6. The minimum Gasteiger partial charge on any atom is -0.463 e. The summed E-state index contributed by atoms with van der Waals surface area (Å²) in [5, 5.41) is 10.8. The molecular weight excluding hydrogens is 346 g/mol. The molecule has 0 saturated heterocycles. The Morgan fingerprint density at radius 2 is 1.81 bits per heavy atom. The van der Waals surface area contributed by atoms with Crippen molar-refractivity contribution in [1.29, 1.82) is 0 Å². The highest BCUT2D eigenvalue weighted by molar-refractivity contribution is 6.01. The van der Waals surface area contributed by atoms with Crippen LogP contribution >= 0.6 is 0 Å². The van der Waals surface area contributed by atoms with Crippen LogP contribution in [0.5, 0.6) is 0 Å². The fourth-order valence-corrected chi connectivity index (χ4v) is 2.62. The third-order valence-corrected chi connectivity index (χ3v) is 3.91. The Hall–Kier alpha value is -3.67. The molecule has 136 valence electrons. The molecule has 0 bridgehead atoms. The molecule has 0 aliphatic carbocycles. The molecule has 0 atom stereocenters. The Kier molecular flexibility index (Phi) is 5.47. The van der Waals surface area contributed by atoms with Gasteiger partial charge in [-0.25, -0.2) is 4.79 Å². The number of carbonyl (C=O) groups is 1. The smallest absolute Gasteiger partial charge is 0.342 e. The molecule has 2 aromatic carbocycles. The lowest BCUT2D eigenvalue weighted by Crippen LogP contribution is -2.06. The third-order valence-electron chi connectivity index (χ3n) is 3.91. The lowest BCUT2D eigenvalue weighted by Gasteiger charge is -2.04. The van der Waals surface area contributed by atoms with Gasteiger partial charge in [-0.1, -0.05) is 36.4 Å². The van der Waals surface area contributed by atoms with Crippen molar-refractivity contribution in [2.45, 2.75) is 6.92 Å². The van der Waals surface area contributed by atoms with Gasteiger partial charge in [0, 0.05) is 17.7 Å². The Balaban J connectivity index is 2.01. The van der Waals surface area contributed by atoms with Crippen molar-refractivity contribution < 1.29 is 18.9 Å². The highest BCUT2D eigenvalue weighted by Gasteiger charge is 2.22. The van der Waals surface area contributed by atoms with E-state index in [1.165, 1.54) is 18.4 Å². The first kappa shape index (κ1) is 18.1. The SMILES string of the molecule is CCOC(=O)c1c(-c2ccc([N+](=O)[O-])cc2)coc1/C=C/c1ccccc1. The summed E-state index contributed by atoms with van der Waals surface area (Å²) in [5.74, 6) is -0.141. The zero-order chi connectivity index (χ0) is 19.2. The first-order valence-corrected chi connectivity index (χ1v) is 8.36.